The van der Waals surface area contributed by atoms with Crippen LogP contribution >= 0.6 is 24.0 Å². The number of carbonyl (C=O) groups is 1. The summed E-state index contributed by atoms with van der Waals surface area (Å²) in [5, 5.41) is 1.03. The van der Waals surface area contributed by atoms with Gasteiger partial charge in [0.05, 0.1) is 34.8 Å². The number of fused-ring (bicyclic) bond motifs is 1. The molecule has 3 heterocycles. The highest BCUT2D eigenvalue weighted by Crippen LogP contribution is 2.36. The molecule has 152 valence electrons. The lowest BCUT2D eigenvalue weighted by Gasteiger charge is -2.23. The van der Waals surface area contributed by atoms with E-state index in [2.05, 4.69) is 4.90 Å². The minimum atomic E-state index is -0.167. The van der Waals surface area contributed by atoms with Gasteiger partial charge in [0.2, 0.25) is 0 Å². The fourth-order valence-corrected chi connectivity index (χ4v) is 5.21. The first-order valence-corrected chi connectivity index (χ1v) is 10.9. The SMILES string of the molecule is COCCN1C(=O)C(=Cc2c(N3CCCC3)c3ccccc3n(C)c2=O)SC1=S. The second-order valence-electron chi connectivity index (χ2n) is 7.16. The topological polar surface area (TPSA) is 54.8 Å². The van der Waals surface area contributed by atoms with Gasteiger partial charge in [0.15, 0.2) is 0 Å². The molecular weight excluding hydrogens is 406 g/mol. The molecule has 0 N–H and O–H groups in total. The molecule has 0 spiro atoms. The zero-order valence-corrected chi connectivity index (χ0v) is 18.1. The molecule has 2 aromatic rings. The Kier molecular flexibility index (Phi) is 5.76. The smallest absolute Gasteiger partial charge is 0.266 e. The van der Waals surface area contributed by atoms with Gasteiger partial charge in [0, 0.05) is 32.6 Å². The number of hydrogen-bond acceptors (Lipinski definition) is 6. The number of para-hydroxylation sites is 1. The molecule has 1 amide bonds. The zero-order valence-electron chi connectivity index (χ0n) is 16.5. The van der Waals surface area contributed by atoms with Crippen molar-refractivity contribution in [2.24, 2.45) is 7.05 Å². The van der Waals surface area contributed by atoms with Crippen molar-refractivity contribution in [2.75, 3.05) is 38.3 Å². The first-order chi connectivity index (χ1) is 14.0. The number of benzene rings is 1. The molecule has 0 saturated carbocycles. The van der Waals surface area contributed by atoms with E-state index in [1.54, 1.807) is 24.8 Å². The van der Waals surface area contributed by atoms with Crippen LogP contribution in [0.15, 0.2) is 34.0 Å². The predicted octanol–water partition coefficient (Wildman–Crippen LogP) is 2.99. The summed E-state index contributed by atoms with van der Waals surface area (Å²) in [4.78, 5) is 30.5. The second-order valence-corrected chi connectivity index (χ2v) is 8.84. The molecule has 8 heteroatoms. The van der Waals surface area contributed by atoms with Gasteiger partial charge < -0.3 is 14.2 Å². The van der Waals surface area contributed by atoms with E-state index in [9.17, 15) is 9.59 Å². The van der Waals surface area contributed by atoms with Gasteiger partial charge in [-0.3, -0.25) is 14.5 Å². The Morgan fingerprint density at radius 1 is 1.21 bits per heavy atom. The number of anilines is 1. The Balaban J connectivity index is 1.88. The van der Waals surface area contributed by atoms with Crippen molar-refractivity contribution in [2.45, 2.75) is 12.8 Å². The van der Waals surface area contributed by atoms with Crippen LogP contribution in [0.25, 0.3) is 17.0 Å². The average Bonchev–Trinajstić information content (AvgIpc) is 3.34. The standard InChI is InChI=1S/C21H23N3O3S2/c1-22-16-8-4-3-7-14(16)18(23-9-5-6-10-23)15(19(22)25)13-17-20(26)24(11-12-27-2)21(28)29-17/h3-4,7-8,13H,5-6,9-12H2,1-2H3. The number of methoxy groups -OCH3 is 1. The number of aryl methyl sites for hydroxylation is 1. The van der Waals surface area contributed by atoms with Crippen molar-refractivity contribution >= 4 is 56.9 Å². The second kappa shape index (κ2) is 8.30. The number of thioether (sulfide) groups is 1. The number of amides is 1. The molecule has 0 bridgehead atoms. The van der Waals surface area contributed by atoms with Crippen molar-refractivity contribution in [3.8, 4) is 0 Å². The Bertz CT molecular complexity index is 1070. The molecule has 0 atom stereocenters. The molecule has 0 radical (unpaired) electrons. The largest absolute Gasteiger partial charge is 0.383 e. The summed E-state index contributed by atoms with van der Waals surface area (Å²) in [6.07, 6.45) is 3.93. The van der Waals surface area contributed by atoms with Crippen LogP contribution in [0.1, 0.15) is 18.4 Å². The summed E-state index contributed by atoms with van der Waals surface area (Å²) in [6, 6.07) is 7.93. The summed E-state index contributed by atoms with van der Waals surface area (Å²) in [5.74, 6) is -0.167. The lowest BCUT2D eigenvalue weighted by molar-refractivity contribution is -0.122. The first-order valence-electron chi connectivity index (χ1n) is 9.64. The van der Waals surface area contributed by atoms with E-state index < -0.39 is 0 Å². The van der Waals surface area contributed by atoms with Crippen molar-refractivity contribution in [1.82, 2.24) is 9.47 Å². The van der Waals surface area contributed by atoms with E-state index in [0.29, 0.717) is 27.9 Å². The summed E-state index contributed by atoms with van der Waals surface area (Å²) < 4.78 is 7.24. The Labute approximate surface area is 179 Å². The molecule has 0 unspecified atom stereocenters. The van der Waals surface area contributed by atoms with Gasteiger partial charge in [0.1, 0.15) is 4.32 Å². The van der Waals surface area contributed by atoms with Crippen LogP contribution in [0.5, 0.6) is 0 Å². The number of hydrogen-bond donors (Lipinski definition) is 0. The molecule has 2 aliphatic heterocycles. The third kappa shape index (κ3) is 3.60. The number of nitrogens with zero attached hydrogens (tertiary/aromatic N) is 3. The highest BCUT2D eigenvalue weighted by molar-refractivity contribution is 8.26. The normalized spacial score (nSPS) is 18.6. The maximum atomic E-state index is 13.3. The quantitative estimate of drug-likeness (QED) is 0.538. The van der Waals surface area contributed by atoms with Crippen LogP contribution in [0.3, 0.4) is 0 Å². The van der Waals surface area contributed by atoms with Crippen molar-refractivity contribution in [1.29, 1.82) is 0 Å². The van der Waals surface area contributed by atoms with Crippen LogP contribution in [-0.2, 0) is 16.6 Å². The van der Waals surface area contributed by atoms with Gasteiger partial charge >= 0.3 is 0 Å². The van der Waals surface area contributed by atoms with E-state index >= 15 is 0 Å². The van der Waals surface area contributed by atoms with Gasteiger partial charge in [-0.25, -0.2) is 0 Å². The van der Waals surface area contributed by atoms with Gasteiger partial charge in [-0.05, 0) is 25.0 Å². The third-order valence-electron chi connectivity index (χ3n) is 5.40. The predicted molar refractivity (Wildman–Crippen MR) is 122 cm³/mol. The van der Waals surface area contributed by atoms with Gasteiger partial charge in [-0.15, -0.1) is 0 Å². The van der Waals surface area contributed by atoms with Gasteiger partial charge in [-0.1, -0.05) is 42.2 Å². The number of aromatic nitrogens is 1. The van der Waals surface area contributed by atoms with Crippen molar-refractivity contribution < 1.29 is 9.53 Å². The van der Waals surface area contributed by atoms with Crippen LogP contribution < -0.4 is 10.5 Å². The number of ether oxygens (including phenoxy) is 1. The highest BCUT2D eigenvalue weighted by atomic mass is 32.2. The van der Waals surface area contributed by atoms with E-state index in [1.807, 2.05) is 24.3 Å². The van der Waals surface area contributed by atoms with Crippen molar-refractivity contribution in [3.05, 3.63) is 45.1 Å². The molecular formula is C21H23N3O3S2. The Hall–Kier alpha value is -2.16. The molecule has 1 aromatic carbocycles. The maximum Gasteiger partial charge on any atom is 0.266 e. The Morgan fingerprint density at radius 3 is 2.66 bits per heavy atom. The molecule has 0 aliphatic carbocycles. The van der Waals surface area contributed by atoms with Gasteiger partial charge in [0.25, 0.3) is 11.5 Å². The number of carbonyl (C=O) groups excluding carboxylic acids is 1. The molecule has 1 aromatic heterocycles. The summed E-state index contributed by atoms with van der Waals surface area (Å²) >= 11 is 6.62. The van der Waals surface area contributed by atoms with E-state index in [-0.39, 0.29) is 11.5 Å². The zero-order chi connectivity index (χ0) is 20.5. The van der Waals surface area contributed by atoms with E-state index in [1.165, 1.54) is 16.7 Å². The maximum absolute atomic E-state index is 13.3. The average molecular weight is 430 g/mol. The lowest BCUT2D eigenvalue weighted by atomic mass is 10.1. The van der Waals surface area contributed by atoms with Crippen LogP contribution in [0.4, 0.5) is 5.69 Å². The molecule has 4 rings (SSSR count). The molecule has 2 saturated heterocycles. The third-order valence-corrected chi connectivity index (χ3v) is 6.78. The minimum Gasteiger partial charge on any atom is -0.383 e. The molecule has 2 fully saturated rings. The highest BCUT2D eigenvalue weighted by Gasteiger charge is 2.33. The summed E-state index contributed by atoms with van der Waals surface area (Å²) in [5.41, 5.74) is 2.26. The fraction of sp³-hybridized carbons (Fsp3) is 0.381. The number of rotatable bonds is 5. The lowest BCUT2D eigenvalue weighted by Crippen LogP contribution is -2.31. The van der Waals surface area contributed by atoms with Crippen LogP contribution in [0, 0.1) is 0 Å². The fourth-order valence-electron chi connectivity index (χ4n) is 3.92. The van der Waals surface area contributed by atoms with Crippen molar-refractivity contribution in [3.63, 3.8) is 0 Å². The van der Waals surface area contributed by atoms with E-state index in [0.717, 1.165) is 42.5 Å². The van der Waals surface area contributed by atoms with Crippen LogP contribution in [-0.4, -0.2) is 53.0 Å². The monoisotopic (exact) mass is 429 g/mol. The molecule has 29 heavy (non-hydrogen) atoms. The van der Waals surface area contributed by atoms with Gasteiger partial charge in [-0.2, -0.15) is 0 Å². The molecule has 6 nitrogen and oxygen atoms in total. The minimum absolute atomic E-state index is 0.104. The number of pyridine rings is 1. The Morgan fingerprint density at radius 2 is 1.93 bits per heavy atom. The first kappa shape index (κ1) is 20.1. The summed E-state index contributed by atoms with van der Waals surface area (Å²) in [7, 11) is 3.37. The van der Waals surface area contributed by atoms with Crippen LogP contribution in [0.2, 0.25) is 0 Å². The summed E-state index contributed by atoms with van der Waals surface area (Å²) in [6.45, 7) is 2.64. The molecule has 2 aliphatic rings. The number of thiocarbonyl (C=S) groups is 1. The van der Waals surface area contributed by atoms with E-state index in [4.69, 9.17) is 17.0 Å².